The van der Waals surface area contributed by atoms with Crippen LogP contribution in [0.3, 0.4) is 0 Å². The summed E-state index contributed by atoms with van der Waals surface area (Å²) in [6, 6.07) is 8.33. The Balaban J connectivity index is 2.46. The number of anilines is 1. The first-order valence-electron chi connectivity index (χ1n) is 6.78. The van der Waals surface area contributed by atoms with Crippen LogP contribution in [0.1, 0.15) is 5.56 Å². The number of aryl methyl sites for hydroxylation is 1. The van der Waals surface area contributed by atoms with Gasteiger partial charge in [-0.25, -0.2) is 8.42 Å². The van der Waals surface area contributed by atoms with E-state index in [1.807, 2.05) is 0 Å². The largest absolute Gasteiger partial charge is 0.497 e. The third-order valence-corrected chi connectivity index (χ3v) is 4.70. The van der Waals surface area contributed by atoms with Crippen LogP contribution in [0, 0.1) is 17.0 Å². The van der Waals surface area contributed by atoms with Gasteiger partial charge in [-0.05, 0) is 25.1 Å². The maximum Gasteiger partial charge on any atom is 0.273 e. The van der Waals surface area contributed by atoms with E-state index < -0.39 is 14.9 Å². The third kappa shape index (κ3) is 3.57. The standard InChI is InChI=1S/C15H16N2O6S/c1-10-4-6-12(9-14(10)17(18)19)24(20,21)16-13-8-11(22-2)5-7-15(13)23-3/h4-9,16H,1-3H3. The molecule has 0 saturated carbocycles. The molecule has 128 valence electrons. The maximum atomic E-state index is 12.5. The molecule has 0 heterocycles. The topological polar surface area (TPSA) is 108 Å². The van der Waals surface area contributed by atoms with Crippen molar-refractivity contribution in [2.45, 2.75) is 11.8 Å². The average molecular weight is 352 g/mol. The number of sulfonamides is 1. The number of ether oxygens (including phenoxy) is 2. The van der Waals surface area contributed by atoms with Crippen molar-refractivity contribution in [1.82, 2.24) is 0 Å². The van der Waals surface area contributed by atoms with E-state index in [2.05, 4.69) is 4.72 Å². The monoisotopic (exact) mass is 352 g/mol. The van der Waals surface area contributed by atoms with Gasteiger partial charge in [0, 0.05) is 17.7 Å². The van der Waals surface area contributed by atoms with Gasteiger partial charge in [-0.1, -0.05) is 6.07 Å². The van der Waals surface area contributed by atoms with E-state index in [4.69, 9.17) is 9.47 Å². The highest BCUT2D eigenvalue weighted by Crippen LogP contribution is 2.31. The van der Waals surface area contributed by atoms with Crippen molar-refractivity contribution in [3.63, 3.8) is 0 Å². The number of hydrogen-bond donors (Lipinski definition) is 1. The molecule has 0 unspecified atom stereocenters. The fraction of sp³-hybridized carbons (Fsp3) is 0.200. The van der Waals surface area contributed by atoms with Gasteiger partial charge >= 0.3 is 0 Å². The SMILES string of the molecule is COc1ccc(OC)c(NS(=O)(=O)c2ccc(C)c([N+](=O)[O-])c2)c1. The molecule has 0 radical (unpaired) electrons. The zero-order valence-electron chi connectivity index (χ0n) is 13.3. The molecule has 0 aliphatic rings. The molecule has 0 saturated heterocycles. The van der Waals surface area contributed by atoms with E-state index in [-0.39, 0.29) is 16.3 Å². The molecular formula is C15H16N2O6S. The molecular weight excluding hydrogens is 336 g/mol. The normalized spacial score (nSPS) is 11.0. The first-order chi connectivity index (χ1) is 11.3. The van der Waals surface area contributed by atoms with Crippen molar-refractivity contribution in [1.29, 1.82) is 0 Å². The van der Waals surface area contributed by atoms with Crippen LogP contribution in [0.4, 0.5) is 11.4 Å². The molecule has 0 fully saturated rings. The Morgan fingerprint density at radius 3 is 2.38 bits per heavy atom. The van der Waals surface area contributed by atoms with Crippen LogP contribution < -0.4 is 14.2 Å². The van der Waals surface area contributed by atoms with Gasteiger partial charge in [-0.2, -0.15) is 0 Å². The van der Waals surface area contributed by atoms with Gasteiger partial charge in [-0.15, -0.1) is 0 Å². The minimum atomic E-state index is -4.03. The number of methoxy groups -OCH3 is 2. The lowest BCUT2D eigenvalue weighted by Gasteiger charge is -2.13. The molecule has 0 amide bonds. The fourth-order valence-corrected chi connectivity index (χ4v) is 3.13. The Morgan fingerprint density at radius 1 is 1.08 bits per heavy atom. The van der Waals surface area contributed by atoms with Gasteiger partial charge in [0.1, 0.15) is 11.5 Å². The van der Waals surface area contributed by atoms with Gasteiger partial charge in [0.05, 0.1) is 29.7 Å². The summed E-state index contributed by atoms with van der Waals surface area (Å²) in [5.41, 5.74) is 0.272. The number of benzene rings is 2. The summed E-state index contributed by atoms with van der Waals surface area (Å²) in [6.45, 7) is 1.53. The number of nitro groups is 1. The zero-order chi connectivity index (χ0) is 17.9. The van der Waals surface area contributed by atoms with Crippen molar-refractivity contribution in [2.24, 2.45) is 0 Å². The Hall–Kier alpha value is -2.81. The van der Waals surface area contributed by atoms with E-state index in [1.165, 1.54) is 39.3 Å². The lowest BCUT2D eigenvalue weighted by molar-refractivity contribution is -0.385. The highest BCUT2D eigenvalue weighted by atomic mass is 32.2. The molecule has 0 aliphatic heterocycles. The van der Waals surface area contributed by atoms with Gasteiger partial charge in [0.2, 0.25) is 0 Å². The van der Waals surface area contributed by atoms with Gasteiger partial charge < -0.3 is 9.47 Å². The van der Waals surface area contributed by atoms with Crippen molar-refractivity contribution in [3.05, 3.63) is 52.1 Å². The summed E-state index contributed by atoms with van der Waals surface area (Å²) in [5.74, 6) is 0.726. The second kappa shape index (κ2) is 6.75. The predicted octanol–water partition coefficient (Wildman–Crippen LogP) is 2.72. The number of rotatable bonds is 6. The molecule has 8 nitrogen and oxygen atoms in total. The lowest BCUT2D eigenvalue weighted by Crippen LogP contribution is -2.14. The van der Waals surface area contributed by atoms with Crippen molar-refractivity contribution in [3.8, 4) is 11.5 Å². The summed E-state index contributed by atoms with van der Waals surface area (Å²) in [6.07, 6.45) is 0. The minimum Gasteiger partial charge on any atom is -0.497 e. The van der Waals surface area contributed by atoms with Crippen LogP contribution in [0.2, 0.25) is 0 Å². The van der Waals surface area contributed by atoms with Crippen LogP contribution in [-0.4, -0.2) is 27.6 Å². The summed E-state index contributed by atoms with van der Waals surface area (Å²) in [5, 5.41) is 11.0. The number of nitrogens with one attached hydrogen (secondary N) is 1. The highest BCUT2D eigenvalue weighted by Gasteiger charge is 2.21. The molecule has 0 aromatic heterocycles. The molecule has 0 atom stereocenters. The molecule has 24 heavy (non-hydrogen) atoms. The van der Waals surface area contributed by atoms with Crippen molar-refractivity contribution >= 4 is 21.4 Å². The van der Waals surface area contributed by atoms with E-state index in [1.54, 1.807) is 12.1 Å². The Labute approximate surface area is 139 Å². The smallest absolute Gasteiger partial charge is 0.273 e. The molecule has 0 spiro atoms. The summed E-state index contributed by atoms with van der Waals surface area (Å²) >= 11 is 0. The third-order valence-electron chi connectivity index (χ3n) is 3.34. The van der Waals surface area contributed by atoms with E-state index in [0.29, 0.717) is 17.1 Å². The fourth-order valence-electron chi connectivity index (χ4n) is 2.05. The van der Waals surface area contributed by atoms with Crippen molar-refractivity contribution in [2.75, 3.05) is 18.9 Å². The number of nitrogens with zero attached hydrogens (tertiary/aromatic N) is 1. The summed E-state index contributed by atoms with van der Waals surface area (Å²) in [7, 11) is -1.19. The summed E-state index contributed by atoms with van der Waals surface area (Å²) < 4.78 is 37.6. The molecule has 9 heteroatoms. The summed E-state index contributed by atoms with van der Waals surface area (Å²) in [4.78, 5) is 10.2. The van der Waals surface area contributed by atoms with Gasteiger partial charge in [-0.3, -0.25) is 14.8 Å². The van der Waals surface area contributed by atoms with E-state index in [0.717, 1.165) is 6.07 Å². The minimum absolute atomic E-state index is 0.167. The zero-order valence-corrected chi connectivity index (χ0v) is 14.1. The number of hydrogen-bond acceptors (Lipinski definition) is 6. The molecule has 1 N–H and O–H groups in total. The van der Waals surface area contributed by atoms with Gasteiger partial charge in [0.25, 0.3) is 15.7 Å². The van der Waals surface area contributed by atoms with Crippen LogP contribution in [0.5, 0.6) is 11.5 Å². The quantitative estimate of drug-likeness (QED) is 0.632. The first-order valence-corrected chi connectivity index (χ1v) is 8.26. The Kier molecular flexibility index (Phi) is 4.93. The van der Waals surface area contributed by atoms with E-state index in [9.17, 15) is 18.5 Å². The molecule has 2 rings (SSSR count). The van der Waals surface area contributed by atoms with Crippen LogP contribution in [0.15, 0.2) is 41.3 Å². The molecule has 2 aromatic carbocycles. The molecule has 0 bridgehead atoms. The van der Waals surface area contributed by atoms with Crippen LogP contribution in [-0.2, 0) is 10.0 Å². The van der Waals surface area contributed by atoms with E-state index >= 15 is 0 Å². The first kappa shape index (κ1) is 17.5. The molecule has 0 aliphatic carbocycles. The van der Waals surface area contributed by atoms with Crippen LogP contribution >= 0.6 is 0 Å². The predicted molar refractivity (Wildman–Crippen MR) is 88.2 cm³/mol. The second-order valence-electron chi connectivity index (χ2n) is 4.88. The highest BCUT2D eigenvalue weighted by molar-refractivity contribution is 7.92. The Bertz CT molecular complexity index is 880. The molecule has 2 aromatic rings. The van der Waals surface area contributed by atoms with Gasteiger partial charge in [0.15, 0.2) is 0 Å². The second-order valence-corrected chi connectivity index (χ2v) is 6.56. The number of nitro benzene ring substituents is 1. The maximum absolute atomic E-state index is 12.5. The van der Waals surface area contributed by atoms with Crippen LogP contribution in [0.25, 0.3) is 0 Å². The van der Waals surface area contributed by atoms with Crippen molar-refractivity contribution < 1.29 is 22.8 Å². The lowest BCUT2D eigenvalue weighted by atomic mass is 10.2. The average Bonchev–Trinajstić information content (AvgIpc) is 2.54. The Morgan fingerprint density at radius 2 is 1.79 bits per heavy atom.